The largest absolute Gasteiger partial charge is 0.726 e. The van der Waals surface area contributed by atoms with E-state index in [0.29, 0.717) is 6.42 Å². The molecule has 0 N–H and O–H groups in total. The molecule has 0 amide bonds. The first-order valence-electron chi connectivity index (χ1n) is 20.8. The van der Waals surface area contributed by atoms with Crippen LogP contribution in [0.1, 0.15) is 59.6 Å². The van der Waals surface area contributed by atoms with Crippen LogP contribution in [-0.4, -0.2) is 57.2 Å². The Morgan fingerprint density at radius 3 is 1.88 bits per heavy atom. The van der Waals surface area contributed by atoms with E-state index >= 15 is 0 Å². The Morgan fingerprint density at radius 1 is 0.788 bits per heavy atom. The van der Waals surface area contributed by atoms with Gasteiger partial charge in [-0.25, -0.2) is 28.6 Å². The lowest BCUT2D eigenvalue weighted by Crippen LogP contribution is -2.26. The fraction of sp³-hybridized carbons (Fsp3) is 0.264. The third-order valence-corrected chi connectivity index (χ3v) is 12.0. The molecule has 5 aromatic carbocycles. The fourth-order valence-corrected chi connectivity index (χ4v) is 8.98. The highest BCUT2D eigenvalue weighted by Gasteiger charge is 2.44. The van der Waals surface area contributed by atoms with Gasteiger partial charge in [0.25, 0.3) is 11.4 Å². The molecule has 12 nitrogen and oxygen atoms in total. The topological polar surface area (TPSA) is 147 Å². The molecule has 0 aromatic heterocycles. The summed E-state index contributed by atoms with van der Waals surface area (Å²) in [5.41, 5.74) is 7.28. The summed E-state index contributed by atoms with van der Waals surface area (Å²) < 4.78 is 48.6. The summed E-state index contributed by atoms with van der Waals surface area (Å²) in [6.07, 6.45) is 11.7. The summed E-state index contributed by atoms with van der Waals surface area (Å²) in [7, 11) is -0.532. The lowest BCUT2D eigenvalue weighted by Gasteiger charge is -2.24. The van der Waals surface area contributed by atoms with Crippen molar-refractivity contribution in [2.24, 2.45) is 0 Å². The summed E-state index contributed by atoms with van der Waals surface area (Å²) in [6.45, 7) is 24.7. The minimum atomic E-state index is -4.90. The van der Waals surface area contributed by atoms with Crippen LogP contribution in [0.4, 0.5) is 11.4 Å². The van der Waals surface area contributed by atoms with Gasteiger partial charge in [0.2, 0.25) is 16.1 Å². The minimum absolute atomic E-state index is 0. The molecule has 13 heteroatoms. The molecule has 0 spiro atoms. The van der Waals surface area contributed by atoms with E-state index in [1.807, 2.05) is 6.92 Å². The van der Waals surface area contributed by atoms with Gasteiger partial charge in [-0.05, 0) is 77.7 Å². The average molecular weight is 901 g/mol. The first-order chi connectivity index (χ1) is 31.0. The van der Waals surface area contributed by atoms with Crippen molar-refractivity contribution in [2.75, 3.05) is 38.8 Å². The summed E-state index contributed by atoms with van der Waals surface area (Å²) in [5, 5.41) is 23.8. The Labute approximate surface area is 387 Å². The van der Waals surface area contributed by atoms with Gasteiger partial charge in [0.15, 0.2) is 5.71 Å². The maximum atomic E-state index is 10.5. The first kappa shape index (κ1) is 49.5. The van der Waals surface area contributed by atoms with Crippen LogP contribution in [-0.2, 0) is 25.4 Å². The van der Waals surface area contributed by atoms with E-state index in [0.717, 1.165) is 0 Å². The SMILES string of the molecule is C.CN1\C(=C/C=C/C=C/C2=[N+](C)c3ccc4ccccc4c3C2(C)C)C(C)(C)c2c1ccc1ccccc21.[C-]#[N+]/C(C#N)=c1/cc(OCCOS(=O)(=O)[O-])/c(=C(\C#N)[N+]#[C-])cc1OCCC. The summed E-state index contributed by atoms with van der Waals surface area (Å²) in [4.78, 5) is 8.57. The maximum Gasteiger partial charge on any atom is 0.272 e. The van der Waals surface area contributed by atoms with Crippen LogP contribution in [0, 0.1) is 35.8 Å². The molecule has 0 radical (unpaired) electrons. The summed E-state index contributed by atoms with van der Waals surface area (Å²) in [6, 6.07) is 32.4. The van der Waals surface area contributed by atoms with Crippen LogP contribution >= 0.6 is 0 Å². The van der Waals surface area contributed by atoms with Crippen molar-refractivity contribution in [2.45, 2.75) is 59.3 Å². The zero-order valence-electron chi connectivity index (χ0n) is 37.3. The van der Waals surface area contributed by atoms with Gasteiger partial charge in [-0.3, -0.25) is 4.18 Å². The Morgan fingerprint density at radius 2 is 1.33 bits per heavy atom. The molecule has 0 bridgehead atoms. The molecule has 0 fully saturated rings. The highest BCUT2D eigenvalue weighted by atomic mass is 32.3. The number of anilines is 1. The second-order valence-electron chi connectivity index (χ2n) is 16.3. The van der Waals surface area contributed by atoms with Gasteiger partial charge in [0.05, 0.1) is 43.9 Å². The van der Waals surface area contributed by atoms with Crippen LogP contribution in [0.5, 0.6) is 11.5 Å². The number of benzene rings is 5. The number of rotatable bonds is 11. The predicted octanol–water partition coefficient (Wildman–Crippen LogP) is 9.49. The number of fused-ring (bicyclic) bond motifs is 6. The third kappa shape index (κ3) is 9.91. The molecule has 0 atom stereocenters. The smallest absolute Gasteiger partial charge is 0.272 e. The highest BCUT2D eigenvalue weighted by molar-refractivity contribution is 7.80. The van der Waals surface area contributed by atoms with E-state index in [1.54, 1.807) is 12.1 Å². The number of hydrogen-bond donors (Lipinski definition) is 0. The highest BCUT2D eigenvalue weighted by Crippen LogP contribution is 2.50. The Kier molecular flexibility index (Phi) is 15.4. The van der Waals surface area contributed by atoms with E-state index < -0.39 is 23.6 Å². The summed E-state index contributed by atoms with van der Waals surface area (Å²) in [5.74, 6) is 0.0428. The maximum absolute atomic E-state index is 10.5. The van der Waals surface area contributed by atoms with Crippen molar-refractivity contribution in [3.05, 3.63) is 165 Å². The molecular weight excluding hydrogens is 849 g/mol. The zero-order valence-corrected chi connectivity index (χ0v) is 38.2. The van der Waals surface area contributed by atoms with Crippen molar-refractivity contribution < 1.29 is 31.2 Å². The molecule has 2 aliphatic heterocycles. The molecule has 0 unspecified atom stereocenters. The van der Waals surface area contributed by atoms with Crippen molar-refractivity contribution in [3.8, 4) is 23.6 Å². The fourth-order valence-electron chi connectivity index (χ4n) is 8.70. The van der Waals surface area contributed by atoms with Crippen molar-refractivity contribution in [1.29, 1.82) is 10.5 Å². The molecule has 66 heavy (non-hydrogen) atoms. The van der Waals surface area contributed by atoms with Crippen LogP contribution in [0.15, 0.2) is 121 Å². The normalized spacial score (nSPS) is 16.1. The Hall–Kier alpha value is -7.52. The number of allylic oxidation sites excluding steroid dienone is 6. The molecule has 0 saturated carbocycles. The van der Waals surface area contributed by atoms with Gasteiger partial charge < -0.3 is 18.9 Å². The van der Waals surface area contributed by atoms with E-state index in [9.17, 15) is 23.5 Å². The van der Waals surface area contributed by atoms with E-state index in [-0.39, 0.29) is 58.2 Å². The molecule has 2 aliphatic rings. The monoisotopic (exact) mass is 900 g/mol. The second-order valence-corrected chi connectivity index (χ2v) is 17.4. The van der Waals surface area contributed by atoms with Gasteiger partial charge >= 0.3 is 0 Å². The van der Waals surface area contributed by atoms with Gasteiger partial charge in [-0.15, -0.1) is 0 Å². The second kappa shape index (κ2) is 20.5. The van der Waals surface area contributed by atoms with Crippen molar-refractivity contribution in [3.63, 3.8) is 0 Å². The standard InChI is InChI=1S/C35H35N2.C17H14N4O6S.CH4/c1-34(2)30(36(5)28-22-20-24-14-10-12-16-26(24)32(28)34)18-8-7-9-19-31-35(3,4)33-27-17-13-11-15-25(27)21-23-29(33)37(31)6;1-4-5-25-16-8-13(15(11-19)21-3)17(9-12(16)14(10-18)20-2)26-6-7-27-28(22,23)24;/h7-23H,1-6H3;8-9H,4-7H2,1H3,(H,22,23,24);1H4/q+1;;/p-1/b;14-12-,15-13+;. The number of hydrogen-bond acceptors (Lipinski definition) is 9. The molecule has 0 aliphatic carbocycles. The van der Waals surface area contributed by atoms with Gasteiger partial charge in [0, 0.05) is 52.0 Å². The van der Waals surface area contributed by atoms with E-state index in [4.69, 9.17) is 22.6 Å². The predicted molar refractivity (Wildman–Crippen MR) is 260 cm³/mol. The number of likely N-dealkylation sites (N-methyl/N-ethyl adjacent to an activating group) is 1. The molecule has 7 rings (SSSR count). The van der Waals surface area contributed by atoms with Crippen LogP contribution in [0.25, 0.3) is 42.6 Å². The van der Waals surface area contributed by atoms with Crippen LogP contribution < -0.4 is 24.8 Å². The van der Waals surface area contributed by atoms with E-state index in [2.05, 4.69) is 168 Å². The third-order valence-electron chi connectivity index (χ3n) is 11.6. The molecule has 2 heterocycles. The molecule has 5 aromatic rings. The van der Waals surface area contributed by atoms with Gasteiger partial charge in [-0.1, -0.05) is 101 Å². The van der Waals surface area contributed by atoms with Crippen LogP contribution in [0.3, 0.4) is 0 Å². The lowest BCUT2D eigenvalue weighted by atomic mass is 9.79. The van der Waals surface area contributed by atoms with Crippen LogP contribution in [0.2, 0.25) is 0 Å². The van der Waals surface area contributed by atoms with Gasteiger partial charge in [0.1, 0.15) is 25.2 Å². The quantitative estimate of drug-likeness (QED) is 0.0316. The molecule has 0 saturated heterocycles. The van der Waals surface area contributed by atoms with Gasteiger partial charge in [-0.2, -0.15) is 4.58 Å². The van der Waals surface area contributed by atoms with Crippen molar-refractivity contribution >= 4 is 60.4 Å². The molecular formula is C53H52N6O6S. The van der Waals surface area contributed by atoms with Crippen molar-refractivity contribution in [1.82, 2.24) is 0 Å². The first-order valence-corrected chi connectivity index (χ1v) is 22.2. The average Bonchev–Trinajstić information content (AvgIpc) is 3.61. The Bertz CT molecular complexity index is 3230. The Balaban J connectivity index is 0.000000255. The molecule has 336 valence electrons. The number of nitriles is 2. The minimum Gasteiger partial charge on any atom is -0.726 e. The lowest BCUT2D eigenvalue weighted by molar-refractivity contribution is -0.401. The van der Waals surface area contributed by atoms with E-state index in [1.165, 1.54) is 67.6 Å². The summed E-state index contributed by atoms with van der Waals surface area (Å²) >= 11 is 0. The number of nitrogens with zero attached hydrogens (tertiary/aromatic N) is 6. The number of ether oxygens (including phenoxy) is 2. The zero-order chi connectivity index (χ0) is 47.1.